The molecule has 1 aliphatic rings. The molecule has 0 radical (unpaired) electrons. The number of hydrogen-bond donors (Lipinski definition) is 2. The van der Waals surface area contributed by atoms with Crippen LogP contribution in [0.1, 0.15) is 29.3 Å². The van der Waals surface area contributed by atoms with E-state index in [0.29, 0.717) is 24.9 Å². The monoisotopic (exact) mass is 276 g/mol. The van der Waals surface area contributed by atoms with Crippen LogP contribution in [0.15, 0.2) is 18.2 Å². The molecule has 0 saturated heterocycles. The highest BCUT2D eigenvalue weighted by Gasteiger charge is 2.20. The second-order valence-electron chi connectivity index (χ2n) is 4.63. The summed E-state index contributed by atoms with van der Waals surface area (Å²) in [7, 11) is 0. The number of nitrogens with zero attached hydrogens (tertiary/aromatic N) is 1. The summed E-state index contributed by atoms with van der Waals surface area (Å²) < 4.78 is 0. The van der Waals surface area contributed by atoms with Crippen molar-refractivity contribution < 1.29 is 19.5 Å². The Morgan fingerprint density at radius 1 is 1.35 bits per heavy atom. The fraction of sp³-hybridized carbons (Fsp3) is 0.357. The molecule has 0 aromatic heterocycles. The van der Waals surface area contributed by atoms with Crippen LogP contribution in [0.4, 0.5) is 5.69 Å². The first-order valence-electron chi connectivity index (χ1n) is 6.45. The zero-order valence-electron chi connectivity index (χ0n) is 11.2. The molecule has 1 aromatic carbocycles. The SMILES string of the molecule is CCN(CC(=O)O)C(=O)c1ccc2c(c1)CCC(=O)N2. The average Bonchev–Trinajstić information content (AvgIpc) is 2.43. The summed E-state index contributed by atoms with van der Waals surface area (Å²) in [6.45, 7) is 1.75. The first-order valence-corrected chi connectivity index (χ1v) is 6.45. The van der Waals surface area contributed by atoms with E-state index in [1.165, 1.54) is 4.90 Å². The number of benzene rings is 1. The second kappa shape index (κ2) is 5.73. The summed E-state index contributed by atoms with van der Waals surface area (Å²) in [5.74, 6) is -1.38. The van der Waals surface area contributed by atoms with E-state index in [1.54, 1.807) is 25.1 Å². The Hall–Kier alpha value is -2.37. The van der Waals surface area contributed by atoms with E-state index in [9.17, 15) is 14.4 Å². The Labute approximate surface area is 116 Å². The van der Waals surface area contributed by atoms with Crippen LogP contribution in [-0.2, 0) is 16.0 Å². The Kier molecular flexibility index (Phi) is 4.02. The van der Waals surface area contributed by atoms with Crippen LogP contribution in [0.2, 0.25) is 0 Å². The summed E-state index contributed by atoms with van der Waals surface area (Å²) in [6, 6.07) is 5.02. The molecule has 0 aliphatic carbocycles. The van der Waals surface area contributed by atoms with E-state index >= 15 is 0 Å². The molecule has 6 nitrogen and oxygen atoms in total. The Bertz CT molecular complexity index is 568. The van der Waals surface area contributed by atoms with Crippen LogP contribution < -0.4 is 5.32 Å². The topological polar surface area (TPSA) is 86.7 Å². The molecule has 2 rings (SSSR count). The zero-order valence-corrected chi connectivity index (χ0v) is 11.2. The fourth-order valence-electron chi connectivity index (χ4n) is 2.19. The van der Waals surface area contributed by atoms with E-state index in [0.717, 1.165) is 11.3 Å². The van der Waals surface area contributed by atoms with E-state index in [2.05, 4.69) is 5.32 Å². The van der Waals surface area contributed by atoms with E-state index in [4.69, 9.17) is 5.11 Å². The highest BCUT2D eigenvalue weighted by Crippen LogP contribution is 2.24. The zero-order chi connectivity index (χ0) is 14.7. The van der Waals surface area contributed by atoms with Crippen LogP contribution in [0, 0.1) is 0 Å². The maximum atomic E-state index is 12.2. The van der Waals surface area contributed by atoms with Gasteiger partial charge in [-0.15, -0.1) is 0 Å². The molecule has 106 valence electrons. The maximum absolute atomic E-state index is 12.2. The van der Waals surface area contributed by atoms with Crippen molar-refractivity contribution in [2.24, 2.45) is 0 Å². The lowest BCUT2D eigenvalue weighted by molar-refractivity contribution is -0.137. The van der Waals surface area contributed by atoms with Crippen LogP contribution in [0.3, 0.4) is 0 Å². The number of hydrogen-bond acceptors (Lipinski definition) is 3. The van der Waals surface area contributed by atoms with Crippen LogP contribution >= 0.6 is 0 Å². The number of carboxylic acid groups (broad SMARTS) is 1. The Balaban J connectivity index is 2.22. The molecular weight excluding hydrogens is 260 g/mol. The maximum Gasteiger partial charge on any atom is 0.323 e. The van der Waals surface area contributed by atoms with Gasteiger partial charge in [-0.05, 0) is 37.1 Å². The van der Waals surface area contributed by atoms with Gasteiger partial charge in [-0.25, -0.2) is 0 Å². The van der Waals surface area contributed by atoms with Gasteiger partial charge in [0.05, 0.1) is 0 Å². The number of anilines is 1. The molecule has 0 fully saturated rings. The minimum absolute atomic E-state index is 0.0300. The first kappa shape index (κ1) is 14.0. The molecule has 0 atom stereocenters. The van der Waals surface area contributed by atoms with Gasteiger partial charge in [0.25, 0.3) is 5.91 Å². The van der Waals surface area contributed by atoms with Crippen molar-refractivity contribution >= 4 is 23.5 Å². The number of rotatable bonds is 4. The van der Waals surface area contributed by atoms with Crippen molar-refractivity contribution in [3.63, 3.8) is 0 Å². The van der Waals surface area contributed by atoms with Gasteiger partial charge in [0.1, 0.15) is 6.54 Å². The average molecular weight is 276 g/mol. The molecule has 1 aromatic rings. The lowest BCUT2D eigenvalue weighted by Crippen LogP contribution is -2.35. The largest absolute Gasteiger partial charge is 0.480 e. The standard InChI is InChI=1S/C14H16N2O4/c1-2-16(8-13(18)19)14(20)10-3-5-11-9(7-10)4-6-12(17)15-11/h3,5,7H,2,4,6,8H2,1H3,(H,15,17)(H,18,19). The molecule has 0 spiro atoms. The highest BCUT2D eigenvalue weighted by atomic mass is 16.4. The summed E-state index contributed by atoms with van der Waals surface area (Å²) in [5.41, 5.74) is 2.07. The minimum atomic E-state index is -1.04. The number of carbonyl (C=O) groups is 3. The van der Waals surface area contributed by atoms with Crippen molar-refractivity contribution in [1.29, 1.82) is 0 Å². The van der Waals surface area contributed by atoms with Gasteiger partial charge >= 0.3 is 5.97 Å². The number of amides is 2. The predicted octanol–water partition coefficient (Wildman–Crippen LogP) is 1.12. The van der Waals surface area contributed by atoms with Crippen molar-refractivity contribution in [2.45, 2.75) is 19.8 Å². The smallest absolute Gasteiger partial charge is 0.323 e. The number of aliphatic carboxylic acids is 1. The number of carboxylic acids is 1. The lowest BCUT2D eigenvalue weighted by Gasteiger charge is -2.21. The third kappa shape index (κ3) is 2.96. The lowest BCUT2D eigenvalue weighted by atomic mass is 10.00. The van der Waals surface area contributed by atoms with Crippen molar-refractivity contribution in [3.8, 4) is 0 Å². The van der Waals surface area contributed by atoms with Gasteiger partial charge in [0, 0.05) is 24.2 Å². The molecule has 6 heteroatoms. The van der Waals surface area contributed by atoms with Gasteiger partial charge in [-0.1, -0.05) is 0 Å². The van der Waals surface area contributed by atoms with Gasteiger partial charge < -0.3 is 15.3 Å². The quantitative estimate of drug-likeness (QED) is 0.862. The number of fused-ring (bicyclic) bond motifs is 1. The van der Waals surface area contributed by atoms with Gasteiger partial charge in [0.2, 0.25) is 5.91 Å². The molecule has 0 unspecified atom stereocenters. The summed E-state index contributed by atoms with van der Waals surface area (Å²) in [4.78, 5) is 35.5. The Morgan fingerprint density at radius 2 is 2.10 bits per heavy atom. The summed E-state index contributed by atoms with van der Waals surface area (Å²) >= 11 is 0. The normalized spacial score (nSPS) is 13.3. The van der Waals surface area contributed by atoms with Gasteiger partial charge in [-0.2, -0.15) is 0 Å². The molecule has 2 amide bonds. The van der Waals surface area contributed by atoms with Crippen LogP contribution in [-0.4, -0.2) is 40.9 Å². The first-order chi connectivity index (χ1) is 9.51. The Morgan fingerprint density at radius 3 is 2.75 bits per heavy atom. The molecule has 2 N–H and O–H groups in total. The van der Waals surface area contributed by atoms with Crippen molar-refractivity contribution in [1.82, 2.24) is 4.90 Å². The number of aryl methyl sites for hydroxylation is 1. The number of carbonyl (C=O) groups excluding carboxylic acids is 2. The fourth-order valence-corrected chi connectivity index (χ4v) is 2.19. The molecular formula is C14H16N2O4. The van der Waals surface area contributed by atoms with Crippen LogP contribution in [0.5, 0.6) is 0 Å². The number of likely N-dealkylation sites (N-methyl/N-ethyl adjacent to an activating group) is 1. The minimum Gasteiger partial charge on any atom is -0.480 e. The third-order valence-corrected chi connectivity index (χ3v) is 3.24. The van der Waals surface area contributed by atoms with E-state index < -0.39 is 5.97 Å². The molecule has 1 aliphatic heterocycles. The molecule has 20 heavy (non-hydrogen) atoms. The molecule has 0 bridgehead atoms. The van der Waals surface area contributed by atoms with E-state index in [-0.39, 0.29) is 18.4 Å². The third-order valence-electron chi connectivity index (χ3n) is 3.24. The van der Waals surface area contributed by atoms with E-state index in [1.807, 2.05) is 0 Å². The highest BCUT2D eigenvalue weighted by molar-refractivity contribution is 5.98. The summed E-state index contributed by atoms with van der Waals surface area (Å²) in [5, 5.41) is 11.5. The molecule has 1 heterocycles. The van der Waals surface area contributed by atoms with Crippen molar-refractivity contribution in [3.05, 3.63) is 29.3 Å². The van der Waals surface area contributed by atoms with Crippen molar-refractivity contribution in [2.75, 3.05) is 18.4 Å². The van der Waals surface area contributed by atoms with Gasteiger partial charge in [-0.3, -0.25) is 14.4 Å². The number of nitrogens with one attached hydrogen (secondary N) is 1. The predicted molar refractivity (Wildman–Crippen MR) is 72.6 cm³/mol. The van der Waals surface area contributed by atoms with Gasteiger partial charge in [0.15, 0.2) is 0 Å². The summed E-state index contributed by atoms with van der Waals surface area (Å²) in [6.07, 6.45) is 0.991. The molecule has 0 saturated carbocycles. The second-order valence-corrected chi connectivity index (χ2v) is 4.63. The van der Waals surface area contributed by atoms with Crippen LogP contribution in [0.25, 0.3) is 0 Å².